The molecule has 0 aromatic carbocycles. The number of nitrogens with one attached hydrogen (secondary N) is 1. The summed E-state index contributed by atoms with van der Waals surface area (Å²) >= 11 is 0. The van der Waals surface area contributed by atoms with Gasteiger partial charge in [0.2, 0.25) is 5.91 Å². The van der Waals surface area contributed by atoms with E-state index in [1.54, 1.807) is 21.0 Å². The molecule has 0 bridgehead atoms. The average Bonchev–Trinajstić information content (AvgIpc) is 2.00. The molecule has 0 saturated heterocycles. The summed E-state index contributed by atoms with van der Waals surface area (Å²) in [6.07, 6.45) is 0. The van der Waals surface area contributed by atoms with E-state index < -0.39 is 5.97 Å². The van der Waals surface area contributed by atoms with Crippen molar-refractivity contribution in [1.29, 1.82) is 0 Å². The molecule has 1 N–H and O–H groups in total. The molecular formula is C10H18N2O3. The molecule has 0 unspecified atom stereocenters. The van der Waals surface area contributed by atoms with Gasteiger partial charge in [-0.2, -0.15) is 0 Å². The minimum atomic E-state index is -1.09. The molecule has 0 aliphatic heterocycles. The maximum atomic E-state index is 11.1. The molecule has 0 aliphatic carbocycles. The Labute approximate surface area is 90.0 Å². The number of nitrogens with zero attached hydrogens (tertiary/aromatic N) is 1. The van der Waals surface area contributed by atoms with E-state index in [0.29, 0.717) is 18.7 Å². The van der Waals surface area contributed by atoms with Gasteiger partial charge in [0.25, 0.3) is 0 Å². The number of hydrogen-bond donors (Lipinski definition) is 1. The predicted molar refractivity (Wildman–Crippen MR) is 54.7 cm³/mol. The molecule has 1 amide bonds. The fourth-order valence-corrected chi connectivity index (χ4v) is 1.05. The van der Waals surface area contributed by atoms with Gasteiger partial charge in [0.1, 0.15) is 6.54 Å². The fraction of sp³-hybridized carbons (Fsp3) is 0.600. The summed E-state index contributed by atoms with van der Waals surface area (Å²) in [5.41, 5.74) is 0.445. The number of carbonyl (C=O) groups is 2. The Kier molecular flexibility index (Phi) is 5.00. The molecule has 0 heterocycles. The minimum absolute atomic E-state index is 0.0665. The molecular weight excluding hydrogens is 196 g/mol. The lowest BCUT2D eigenvalue weighted by Gasteiger charge is -2.30. The zero-order valence-electron chi connectivity index (χ0n) is 9.50. The van der Waals surface area contributed by atoms with Gasteiger partial charge in [-0.25, -0.2) is 0 Å². The van der Waals surface area contributed by atoms with Crippen molar-refractivity contribution in [2.24, 2.45) is 0 Å². The highest BCUT2D eigenvalue weighted by Gasteiger charge is 2.15. The number of rotatable bonds is 6. The monoisotopic (exact) mass is 214 g/mol. The van der Waals surface area contributed by atoms with E-state index >= 15 is 0 Å². The van der Waals surface area contributed by atoms with E-state index in [2.05, 4.69) is 11.9 Å². The van der Waals surface area contributed by atoms with Gasteiger partial charge in [-0.3, -0.25) is 4.79 Å². The molecule has 0 saturated carbocycles. The summed E-state index contributed by atoms with van der Waals surface area (Å²) in [4.78, 5) is 21.5. The first-order valence-corrected chi connectivity index (χ1v) is 4.70. The van der Waals surface area contributed by atoms with E-state index in [9.17, 15) is 14.7 Å². The van der Waals surface area contributed by atoms with Crippen LogP contribution in [0.1, 0.15) is 6.92 Å². The second-order valence-corrected chi connectivity index (χ2v) is 4.23. The number of hydrogen-bond acceptors (Lipinski definition) is 3. The molecule has 5 nitrogen and oxygen atoms in total. The highest BCUT2D eigenvalue weighted by Crippen LogP contribution is 1.94. The maximum absolute atomic E-state index is 11.1. The van der Waals surface area contributed by atoms with E-state index in [1.165, 1.54) is 0 Å². The van der Waals surface area contributed by atoms with Crippen molar-refractivity contribution >= 4 is 11.9 Å². The summed E-state index contributed by atoms with van der Waals surface area (Å²) in [6.45, 7) is 6.01. The number of amides is 1. The lowest BCUT2D eigenvalue weighted by molar-refractivity contribution is -0.883. The molecule has 0 rings (SSSR count). The van der Waals surface area contributed by atoms with Crippen LogP contribution >= 0.6 is 0 Å². The van der Waals surface area contributed by atoms with Gasteiger partial charge in [0.05, 0.1) is 33.2 Å². The summed E-state index contributed by atoms with van der Waals surface area (Å²) in [5.74, 6) is -1.30. The summed E-state index contributed by atoms with van der Waals surface area (Å²) in [5, 5.41) is 13.0. The molecule has 0 aliphatic rings. The largest absolute Gasteiger partial charge is 0.544 e. The minimum Gasteiger partial charge on any atom is -0.544 e. The molecule has 0 spiro atoms. The van der Waals surface area contributed by atoms with Gasteiger partial charge in [0.15, 0.2) is 0 Å². The standard InChI is InChI=1S/C10H18N2O3/c1-8(2)10(15)11-5-6-12(3,4)7-9(13)14/h1,5-7H2,2-4H3,(H-,11,13,14,15). The van der Waals surface area contributed by atoms with Gasteiger partial charge < -0.3 is 19.7 Å². The van der Waals surface area contributed by atoms with Crippen molar-refractivity contribution in [3.8, 4) is 0 Å². The SMILES string of the molecule is C=C(C)C(=O)NCC[N+](C)(C)CC(=O)[O-]. The quantitative estimate of drug-likeness (QED) is 0.432. The van der Waals surface area contributed by atoms with Crippen molar-refractivity contribution in [3.63, 3.8) is 0 Å². The number of carboxylic acids is 1. The third-order valence-corrected chi connectivity index (χ3v) is 1.95. The van der Waals surface area contributed by atoms with Crippen LogP contribution in [0.3, 0.4) is 0 Å². The first kappa shape index (κ1) is 13.6. The molecule has 0 aromatic heterocycles. The number of carbonyl (C=O) groups excluding carboxylic acids is 2. The second kappa shape index (κ2) is 5.50. The lowest BCUT2D eigenvalue weighted by atomic mass is 10.3. The van der Waals surface area contributed by atoms with Crippen molar-refractivity contribution < 1.29 is 19.2 Å². The van der Waals surface area contributed by atoms with Gasteiger partial charge in [-0.1, -0.05) is 6.58 Å². The topological polar surface area (TPSA) is 69.2 Å². The highest BCUT2D eigenvalue weighted by molar-refractivity contribution is 5.92. The molecule has 0 radical (unpaired) electrons. The lowest BCUT2D eigenvalue weighted by Crippen LogP contribution is -2.51. The van der Waals surface area contributed by atoms with Crippen molar-refractivity contribution in [2.45, 2.75) is 6.92 Å². The van der Waals surface area contributed by atoms with Gasteiger partial charge in [0, 0.05) is 5.57 Å². The Bertz CT molecular complexity index is 272. The third-order valence-electron chi connectivity index (χ3n) is 1.95. The van der Waals surface area contributed by atoms with Gasteiger partial charge >= 0.3 is 0 Å². The number of quaternary nitrogens is 1. The van der Waals surface area contributed by atoms with Crippen LogP contribution in [-0.4, -0.2) is 50.1 Å². The van der Waals surface area contributed by atoms with E-state index in [0.717, 1.165) is 0 Å². The van der Waals surface area contributed by atoms with Crippen LogP contribution in [0.5, 0.6) is 0 Å². The fourth-order valence-electron chi connectivity index (χ4n) is 1.05. The Morgan fingerprint density at radius 1 is 1.40 bits per heavy atom. The normalized spacial score (nSPS) is 10.9. The summed E-state index contributed by atoms with van der Waals surface area (Å²) < 4.78 is 0.277. The van der Waals surface area contributed by atoms with E-state index in [-0.39, 0.29) is 16.9 Å². The van der Waals surface area contributed by atoms with Crippen molar-refractivity contribution in [3.05, 3.63) is 12.2 Å². The number of likely N-dealkylation sites (N-methyl/N-ethyl adjacent to an activating group) is 1. The predicted octanol–water partition coefficient (Wildman–Crippen LogP) is -1.49. The van der Waals surface area contributed by atoms with Crippen LogP contribution < -0.4 is 10.4 Å². The van der Waals surface area contributed by atoms with E-state index in [4.69, 9.17) is 0 Å². The Hall–Kier alpha value is -1.36. The van der Waals surface area contributed by atoms with Crippen molar-refractivity contribution in [2.75, 3.05) is 33.7 Å². The number of carboxylic acid groups (broad SMARTS) is 1. The molecule has 86 valence electrons. The van der Waals surface area contributed by atoms with Crippen LogP contribution in [0.2, 0.25) is 0 Å². The van der Waals surface area contributed by atoms with Crippen LogP contribution in [-0.2, 0) is 9.59 Å². The van der Waals surface area contributed by atoms with Crippen LogP contribution in [0.15, 0.2) is 12.2 Å². The van der Waals surface area contributed by atoms with Crippen LogP contribution in [0.4, 0.5) is 0 Å². The third kappa shape index (κ3) is 6.68. The summed E-state index contributed by atoms with van der Waals surface area (Å²) in [7, 11) is 3.53. The molecule has 0 fully saturated rings. The molecule has 15 heavy (non-hydrogen) atoms. The first-order chi connectivity index (χ1) is 6.74. The van der Waals surface area contributed by atoms with Gasteiger partial charge in [-0.05, 0) is 6.92 Å². The first-order valence-electron chi connectivity index (χ1n) is 4.70. The molecule has 0 aromatic rings. The average molecular weight is 214 g/mol. The number of aliphatic carboxylic acids is 1. The zero-order chi connectivity index (χ0) is 12.1. The Morgan fingerprint density at radius 3 is 2.33 bits per heavy atom. The van der Waals surface area contributed by atoms with Gasteiger partial charge in [-0.15, -0.1) is 0 Å². The second-order valence-electron chi connectivity index (χ2n) is 4.23. The zero-order valence-corrected chi connectivity index (χ0v) is 9.50. The van der Waals surface area contributed by atoms with E-state index in [1.807, 2.05) is 0 Å². The Balaban J connectivity index is 3.89. The van der Waals surface area contributed by atoms with Crippen molar-refractivity contribution in [1.82, 2.24) is 5.32 Å². The highest BCUT2D eigenvalue weighted by atomic mass is 16.4. The molecule has 5 heteroatoms. The smallest absolute Gasteiger partial charge is 0.246 e. The van der Waals surface area contributed by atoms with Crippen LogP contribution in [0.25, 0.3) is 0 Å². The maximum Gasteiger partial charge on any atom is 0.246 e. The Morgan fingerprint density at radius 2 is 1.93 bits per heavy atom. The summed E-state index contributed by atoms with van der Waals surface area (Å²) in [6, 6.07) is 0. The molecule has 0 atom stereocenters. The van der Waals surface area contributed by atoms with Crippen LogP contribution in [0, 0.1) is 0 Å².